The van der Waals surface area contributed by atoms with Crippen LogP contribution in [0.5, 0.6) is 5.75 Å². The molecule has 0 amide bonds. The summed E-state index contributed by atoms with van der Waals surface area (Å²) >= 11 is 1.63. The fraction of sp³-hybridized carbons (Fsp3) is 0.0909. The number of allylic oxidation sites excluding steroid dienone is 1. The van der Waals surface area contributed by atoms with Crippen molar-refractivity contribution in [2.24, 2.45) is 0 Å². The zero-order valence-corrected chi connectivity index (χ0v) is 15.6. The van der Waals surface area contributed by atoms with E-state index in [2.05, 4.69) is 28.9 Å². The Balaban J connectivity index is 1.72. The number of hydrogen-bond donors (Lipinski definition) is 1. The Morgan fingerprint density at radius 2 is 1.67 bits per heavy atom. The molecule has 0 unspecified atom stereocenters. The van der Waals surface area contributed by atoms with Gasteiger partial charge in [0.15, 0.2) is 11.0 Å². The van der Waals surface area contributed by atoms with E-state index in [1.807, 2.05) is 59.2 Å². The van der Waals surface area contributed by atoms with Crippen molar-refractivity contribution in [1.82, 2.24) is 14.8 Å². The van der Waals surface area contributed by atoms with Gasteiger partial charge in [0.05, 0.1) is 5.56 Å². The van der Waals surface area contributed by atoms with Crippen molar-refractivity contribution in [3.8, 4) is 17.1 Å². The summed E-state index contributed by atoms with van der Waals surface area (Å²) in [7, 11) is 0. The van der Waals surface area contributed by atoms with Crippen molar-refractivity contribution in [2.75, 3.05) is 0 Å². The van der Waals surface area contributed by atoms with Crippen molar-refractivity contribution < 1.29 is 5.11 Å². The molecule has 0 saturated heterocycles. The number of benzene rings is 3. The lowest BCUT2D eigenvalue weighted by molar-refractivity contribution is 0.477. The molecule has 0 saturated carbocycles. The minimum atomic E-state index is 0.200. The number of rotatable bonds is 6. The Kier molecular flexibility index (Phi) is 4.94. The van der Waals surface area contributed by atoms with Gasteiger partial charge < -0.3 is 5.11 Å². The van der Waals surface area contributed by atoms with Crippen LogP contribution in [0.2, 0.25) is 0 Å². The van der Waals surface area contributed by atoms with E-state index in [9.17, 15) is 5.11 Å². The number of phenols is 1. The highest BCUT2D eigenvalue weighted by Gasteiger charge is 2.17. The Morgan fingerprint density at radius 3 is 2.41 bits per heavy atom. The normalized spacial score (nSPS) is 11.0. The van der Waals surface area contributed by atoms with Crippen molar-refractivity contribution >= 4 is 22.5 Å². The van der Waals surface area contributed by atoms with E-state index in [1.165, 1.54) is 5.56 Å². The summed E-state index contributed by atoms with van der Waals surface area (Å²) in [5, 5.41) is 22.1. The molecular formula is C22H19N3OS. The maximum absolute atomic E-state index is 10.6. The zero-order chi connectivity index (χ0) is 18.6. The molecule has 4 aromatic rings. The van der Waals surface area contributed by atoms with Crippen molar-refractivity contribution in [1.29, 1.82) is 0 Å². The van der Waals surface area contributed by atoms with E-state index < -0.39 is 0 Å². The highest BCUT2D eigenvalue weighted by Crippen LogP contribution is 2.34. The number of aromatic nitrogens is 3. The van der Waals surface area contributed by atoms with E-state index in [0.29, 0.717) is 17.9 Å². The number of fused-ring (bicyclic) bond motifs is 1. The Labute approximate surface area is 162 Å². The molecule has 0 aliphatic carbocycles. The van der Waals surface area contributed by atoms with Crippen LogP contribution in [0.4, 0.5) is 0 Å². The van der Waals surface area contributed by atoms with Crippen molar-refractivity contribution in [3.05, 3.63) is 84.9 Å². The summed E-state index contributed by atoms with van der Waals surface area (Å²) in [6.07, 6.45) is 1.82. The third-order valence-corrected chi connectivity index (χ3v) is 5.38. The van der Waals surface area contributed by atoms with Crippen molar-refractivity contribution in [3.63, 3.8) is 0 Å². The van der Waals surface area contributed by atoms with Crippen molar-refractivity contribution in [2.45, 2.75) is 17.5 Å². The largest absolute Gasteiger partial charge is 0.507 e. The van der Waals surface area contributed by atoms with Gasteiger partial charge in [0.25, 0.3) is 0 Å². The molecule has 4 nitrogen and oxygen atoms in total. The van der Waals surface area contributed by atoms with Gasteiger partial charge in [-0.05, 0) is 28.5 Å². The van der Waals surface area contributed by atoms with Crippen LogP contribution in [0.25, 0.3) is 22.2 Å². The minimum absolute atomic E-state index is 0.200. The predicted octanol–water partition coefficient (Wildman–Crippen LogP) is 5.28. The summed E-state index contributed by atoms with van der Waals surface area (Å²) < 4.78 is 1.99. The third kappa shape index (κ3) is 3.59. The molecule has 4 rings (SSSR count). The molecule has 0 aliphatic heterocycles. The van der Waals surface area contributed by atoms with Crippen LogP contribution in [0.1, 0.15) is 5.56 Å². The summed E-state index contributed by atoms with van der Waals surface area (Å²) in [5.74, 6) is 1.65. The molecule has 1 N–H and O–H groups in total. The van der Waals surface area contributed by atoms with Gasteiger partial charge in [-0.1, -0.05) is 72.4 Å². The molecule has 1 heterocycles. The molecular weight excluding hydrogens is 354 g/mol. The Hall–Kier alpha value is -3.05. The van der Waals surface area contributed by atoms with Crippen LogP contribution in [0.3, 0.4) is 0 Å². The number of phenolic OH excluding ortho intramolecular Hbond substituents is 1. The van der Waals surface area contributed by atoms with Crippen LogP contribution >= 0.6 is 11.8 Å². The van der Waals surface area contributed by atoms with Gasteiger partial charge in [0.1, 0.15) is 5.75 Å². The summed E-state index contributed by atoms with van der Waals surface area (Å²) in [6.45, 7) is 4.43. The number of nitrogens with zero attached hydrogens (tertiary/aromatic N) is 3. The second-order valence-corrected chi connectivity index (χ2v) is 7.14. The third-order valence-electron chi connectivity index (χ3n) is 4.34. The molecule has 0 bridgehead atoms. The van der Waals surface area contributed by atoms with Crippen LogP contribution < -0.4 is 0 Å². The maximum atomic E-state index is 10.6. The number of hydrogen-bond acceptors (Lipinski definition) is 4. The molecule has 0 fully saturated rings. The van der Waals surface area contributed by atoms with Gasteiger partial charge in [0.2, 0.25) is 0 Å². The average Bonchev–Trinajstić information content (AvgIpc) is 3.09. The first-order chi connectivity index (χ1) is 13.3. The minimum Gasteiger partial charge on any atom is -0.507 e. The fourth-order valence-electron chi connectivity index (χ4n) is 3.02. The molecule has 27 heavy (non-hydrogen) atoms. The van der Waals surface area contributed by atoms with Crippen LogP contribution in [0, 0.1) is 0 Å². The SMILES string of the molecule is C=CCn1c(SCc2ccccc2)nnc1-c1cc2ccccc2cc1O. The van der Waals surface area contributed by atoms with Crippen LogP contribution in [-0.4, -0.2) is 19.9 Å². The molecule has 1 aromatic heterocycles. The quantitative estimate of drug-likeness (QED) is 0.369. The van der Waals surface area contributed by atoms with E-state index in [0.717, 1.165) is 21.7 Å². The summed E-state index contributed by atoms with van der Waals surface area (Å²) in [6, 6.07) is 21.9. The molecule has 0 aliphatic rings. The molecule has 0 spiro atoms. The van der Waals surface area contributed by atoms with Crippen LogP contribution in [-0.2, 0) is 12.3 Å². The summed E-state index contributed by atoms with van der Waals surface area (Å²) in [4.78, 5) is 0. The number of thioether (sulfide) groups is 1. The first-order valence-corrected chi connectivity index (χ1v) is 9.68. The second-order valence-electron chi connectivity index (χ2n) is 6.20. The standard InChI is InChI=1S/C22H19N3OS/c1-2-12-25-21(19-13-17-10-6-7-11-18(17)14-20(19)26)23-24-22(25)27-15-16-8-4-3-5-9-16/h2-11,13-14,26H,1,12,15H2. The fourth-order valence-corrected chi connectivity index (χ4v) is 3.92. The molecule has 134 valence electrons. The molecule has 0 radical (unpaired) electrons. The second kappa shape index (κ2) is 7.68. The van der Waals surface area contributed by atoms with Gasteiger partial charge in [-0.25, -0.2) is 0 Å². The zero-order valence-electron chi connectivity index (χ0n) is 14.7. The Morgan fingerprint density at radius 1 is 0.963 bits per heavy atom. The van der Waals surface area contributed by atoms with E-state index in [-0.39, 0.29) is 5.75 Å². The van der Waals surface area contributed by atoms with E-state index in [4.69, 9.17) is 0 Å². The average molecular weight is 373 g/mol. The first-order valence-electron chi connectivity index (χ1n) is 8.69. The van der Waals surface area contributed by atoms with Gasteiger partial charge in [-0.2, -0.15) is 0 Å². The highest BCUT2D eigenvalue weighted by atomic mass is 32.2. The van der Waals surface area contributed by atoms with E-state index >= 15 is 0 Å². The van der Waals surface area contributed by atoms with Crippen LogP contribution in [0.15, 0.2) is 84.5 Å². The molecule has 3 aromatic carbocycles. The number of aromatic hydroxyl groups is 1. The molecule has 0 atom stereocenters. The van der Waals surface area contributed by atoms with E-state index in [1.54, 1.807) is 17.8 Å². The first kappa shape index (κ1) is 17.4. The van der Waals surface area contributed by atoms with Gasteiger partial charge in [-0.15, -0.1) is 16.8 Å². The monoisotopic (exact) mass is 373 g/mol. The lowest BCUT2D eigenvalue weighted by atomic mass is 10.1. The van der Waals surface area contributed by atoms with Gasteiger partial charge in [-0.3, -0.25) is 4.57 Å². The van der Waals surface area contributed by atoms with Gasteiger partial charge >= 0.3 is 0 Å². The maximum Gasteiger partial charge on any atom is 0.192 e. The topological polar surface area (TPSA) is 50.9 Å². The smallest absolute Gasteiger partial charge is 0.192 e. The highest BCUT2D eigenvalue weighted by molar-refractivity contribution is 7.98. The lowest BCUT2D eigenvalue weighted by Gasteiger charge is -2.10. The lowest BCUT2D eigenvalue weighted by Crippen LogP contribution is -2.01. The van der Waals surface area contributed by atoms with Gasteiger partial charge in [0, 0.05) is 12.3 Å². The predicted molar refractivity (Wildman–Crippen MR) is 111 cm³/mol. The summed E-state index contributed by atoms with van der Waals surface area (Å²) in [5.41, 5.74) is 1.90. The molecule has 5 heteroatoms. The Bertz CT molecular complexity index is 1090.